The van der Waals surface area contributed by atoms with Gasteiger partial charge in [-0.2, -0.15) is 0 Å². The predicted molar refractivity (Wildman–Crippen MR) is 90.4 cm³/mol. The molecule has 0 saturated heterocycles. The van der Waals surface area contributed by atoms with Crippen molar-refractivity contribution in [3.8, 4) is 0 Å². The molecule has 1 unspecified atom stereocenters. The number of carbonyl (C=O) groups is 2. The summed E-state index contributed by atoms with van der Waals surface area (Å²) in [5.74, 6) is -0.964. The van der Waals surface area contributed by atoms with Gasteiger partial charge >= 0.3 is 0 Å². The molecule has 1 heterocycles. The van der Waals surface area contributed by atoms with E-state index in [1.165, 1.54) is 23.5 Å². The zero-order valence-corrected chi connectivity index (χ0v) is 13.9. The van der Waals surface area contributed by atoms with Crippen LogP contribution in [0.1, 0.15) is 28.8 Å². The number of nitrogens with two attached hydrogens (primary N) is 1. The Morgan fingerprint density at radius 3 is 2.58 bits per heavy atom. The van der Waals surface area contributed by atoms with Gasteiger partial charge in [-0.3, -0.25) is 9.59 Å². The normalized spacial score (nSPS) is 15.0. The lowest BCUT2D eigenvalue weighted by molar-refractivity contribution is -0.916. The van der Waals surface area contributed by atoms with Gasteiger partial charge in [-0.15, -0.1) is 11.3 Å². The van der Waals surface area contributed by atoms with Gasteiger partial charge < -0.3 is 16.0 Å². The molecule has 2 aromatic rings. The summed E-state index contributed by atoms with van der Waals surface area (Å²) in [6, 6.07) is 8.43. The summed E-state index contributed by atoms with van der Waals surface area (Å²) >= 11 is 1.28. The maximum atomic E-state index is 13.0. The SMILES string of the molecule is NC(=O)c1ccsc1NC(=O)C[NH+](Cc1ccc(F)cc1)C1CC1. The first-order valence-electron chi connectivity index (χ1n) is 7.79. The highest BCUT2D eigenvalue weighted by atomic mass is 32.1. The molecule has 1 aromatic heterocycles. The predicted octanol–water partition coefficient (Wildman–Crippen LogP) is 1.17. The van der Waals surface area contributed by atoms with Crippen molar-refractivity contribution >= 4 is 28.2 Å². The third kappa shape index (κ3) is 4.18. The highest BCUT2D eigenvalue weighted by molar-refractivity contribution is 7.14. The molecular weight excluding hydrogens is 329 g/mol. The number of rotatable bonds is 7. The fourth-order valence-electron chi connectivity index (χ4n) is 2.68. The van der Waals surface area contributed by atoms with E-state index in [9.17, 15) is 14.0 Å². The second-order valence-corrected chi connectivity index (χ2v) is 6.90. The molecule has 0 spiro atoms. The van der Waals surface area contributed by atoms with Crippen molar-refractivity contribution in [2.75, 3.05) is 11.9 Å². The molecule has 5 nitrogen and oxygen atoms in total. The first-order chi connectivity index (χ1) is 11.5. The molecular formula is C17H19FN3O2S+. The van der Waals surface area contributed by atoms with E-state index in [0.717, 1.165) is 23.3 Å². The first kappa shape index (κ1) is 16.6. The molecule has 2 amide bonds. The monoisotopic (exact) mass is 348 g/mol. The van der Waals surface area contributed by atoms with Crippen LogP contribution in [0.2, 0.25) is 0 Å². The molecule has 1 atom stereocenters. The van der Waals surface area contributed by atoms with Gasteiger partial charge in [0.05, 0.1) is 11.6 Å². The highest BCUT2D eigenvalue weighted by Crippen LogP contribution is 2.22. The summed E-state index contributed by atoms with van der Waals surface area (Å²) in [5, 5.41) is 4.99. The molecule has 0 aliphatic heterocycles. The minimum absolute atomic E-state index is 0.149. The van der Waals surface area contributed by atoms with Crippen molar-refractivity contribution in [3.05, 3.63) is 52.7 Å². The number of benzene rings is 1. The van der Waals surface area contributed by atoms with Gasteiger partial charge in [0, 0.05) is 18.4 Å². The van der Waals surface area contributed by atoms with Crippen molar-refractivity contribution in [1.29, 1.82) is 0 Å². The van der Waals surface area contributed by atoms with Crippen LogP contribution in [-0.2, 0) is 11.3 Å². The van der Waals surface area contributed by atoms with Gasteiger partial charge in [-0.1, -0.05) is 12.1 Å². The van der Waals surface area contributed by atoms with Gasteiger partial charge in [-0.25, -0.2) is 4.39 Å². The van der Waals surface area contributed by atoms with Gasteiger partial charge in [0.25, 0.3) is 11.8 Å². The summed E-state index contributed by atoms with van der Waals surface area (Å²) in [6.07, 6.45) is 2.19. The average molecular weight is 348 g/mol. The van der Waals surface area contributed by atoms with Crippen molar-refractivity contribution < 1.29 is 18.9 Å². The third-order valence-corrected chi connectivity index (χ3v) is 4.90. The second kappa shape index (κ2) is 7.11. The number of nitrogens with one attached hydrogen (secondary N) is 2. The van der Waals surface area contributed by atoms with Gasteiger partial charge in [0.15, 0.2) is 6.54 Å². The van der Waals surface area contributed by atoms with Crippen LogP contribution in [0.3, 0.4) is 0 Å². The van der Waals surface area contributed by atoms with E-state index in [4.69, 9.17) is 5.73 Å². The van der Waals surface area contributed by atoms with Gasteiger partial charge in [-0.05, 0) is 23.6 Å². The number of amides is 2. The number of thiophene rings is 1. The average Bonchev–Trinajstić information content (AvgIpc) is 3.28. The molecule has 1 aliphatic rings. The molecule has 24 heavy (non-hydrogen) atoms. The van der Waals surface area contributed by atoms with Crippen LogP contribution in [-0.4, -0.2) is 24.4 Å². The number of primary amides is 1. The van der Waals surface area contributed by atoms with Crippen LogP contribution in [0.25, 0.3) is 0 Å². The number of anilines is 1. The number of halogens is 1. The fraction of sp³-hybridized carbons (Fsp3) is 0.294. The largest absolute Gasteiger partial charge is 0.366 e. The third-order valence-electron chi connectivity index (χ3n) is 4.07. The zero-order chi connectivity index (χ0) is 17.1. The minimum atomic E-state index is -0.552. The lowest BCUT2D eigenvalue weighted by Gasteiger charge is -2.18. The first-order valence-corrected chi connectivity index (χ1v) is 8.67. The van der Waals surface area contributed by atoms with Crippen LogP contribution >= 0.6 is 11.3 Å². The minimum Gasteiger partial charge on any atom is -0.366 e. The van der Waals surface area contributed by atoms with E-state index < -0.39 is 5.91 Å². The molecule has 4 N–H and O–H groups in total. The van der Waals surface area contributed by atoms with Crippen molar-refractivity contribution in [2.24, 2.45) is 5.73 Å². The van der Waals surface area contributed by atoms with Crippen LogP contribution in [0.5, 0.6) is 0 Å². The molecule has 7 heteroatoms. The molecule has 1 fully saturated rings. The Morgan fingerprint density at radius 2 is 1.96 bits per heavy atom. The molecule has 1 aliphatic carbocycles. The highest BCUT2D eigenvalue weighted by Gasteiger charge is 2.34. The van der Waals surface area contributed by atoms with Gasteiger partial charge in [0.2, 0.25) is 0 Å². The van der Waals surface area contributed by atoms with E-state index in [1.54, 1.807) is 23.6 Å². The standard InChI is InChI=1S/C17H18FN3O2S/c18-12-3-1-11(2-4-12)9-21(13-5-6-13)10-15(22)20-17-14(16(19)23)7-8-24-17/h1-4,7-8,13H,5-6,9-10H2,(H2,19,23)(H,20,22)/p+1. The fourth-order valence-corrected chi connectivity index (χ4v) is 3.49. The maximum Gasteiger partial charge on any atom is 0.280 e. The maximum absolute atomic E-state index is 13.0. The molecule has 1 saturated carbocycles. The Hall–Kier alpha value is -2.25. The number of hydrogen-bond donors (Lipinski definition) is 3. The lowest BCUT2D eigenvalue weighted by atomic mass is 10.2. The Kier molecular flexibility index (Phi) is 4.92. The number of quaternary nitrogens is 1. The van der Waals surface area contributed by atoms with Crippen LogP contribution < -0.4 is 16.0 Å². The summed E-state index contributed by atoms with van der Waals surface area (Å²) in [4.78, 5) is 24.8. The van der Waals surface area contributed by atoms with Crippen molar-refractivity contribution in [2.45, 2.75) is 25.4 Å². The van der Waals surface area contributed by atoms with Crippen LogP contribution in [0.4, 0.5) is 9.39 Å². The Labute approximate surface area is 143 Å². The number of carbonyl (C=O) groups excluding carboxylic acids is 2. The summed E-state index contributed by atoms with van der Waals surface area (Å²) in [6.45, 7) is 0.976. The van der Waals surface area contributed by atoms with Crippen LogP contribution in [0, 0.1) is 5.82 Å². The van der Waals surface area contributed by atoms with E-state index >= 15 is 0 Å². The topological polar surface area (TPSA) is 76.6 Å². The number of hydrogen-bond acceptors (Lipinski definition) is 3. The smallest absolute Gasteiger partial charge is 0.280 e. The van der Waals surface area contributed by atoms with Crippen molar-refractivity contribution in [3.63, 3.8) is 0 Å². The second-order valence-electron chi connectivity index (χ2n) is 5.99. The Bertz CT molecular complexity index is 741. The summed E-state index contributed by atoms with van der Waals surface area (Å²) in [7, 11) is 0. The van der Waals surface area contributed by atoms with E-state index in [1.807, 2.05) is 0 Å². The van der Waals surface area contributed by atoms with Crippen molar-refractivity contribution in [1.82, 2.24) is 0 Å². The molecule has 1 aromatic carbocycles. The summed E-state index contributed by atoms with van der Waals surface area (Å²) < 4.78 is 13.0. The Balaban J connectivity index is 1.63. The summed E-state index contributed by atoms with van der Waals surface area (Å²) in [5.41, 5.74) is 6.62. The van der Waals surface area contributed by atoms with Gasteiger partial charge in [0.1, 0.15) is 17.4 Å². The van der Waals surface area contributed by atoms with E-state index in [-0.39, 0.29) is 11.7 Å². The molecule has 0 bridgehead atoms. The molecule has 0 radical (unpaired) electrons. The lowest BCUT2D eigenvalue weighted by Crippen LogP contribution is -3.13. The molecule has 126 valence electrons. The quantitative estimate of drug-likeness (QED) is 0.703. The molecule has 3 rings (SSSR count). The van der Waals surface area contributed by atoms with E-state index in [2.05, 4.69) is 5.32 Å². The zero-order valence-electron chi connectivity index (χ0n) is 13.0. The van der Waals surface area contributed by atoms with E-state index in [0.29, 0.717) is 29.7 Å². The Morgan fingerprint density at radius 1 is 1.25 bits per heavy atom. The van der Waals surface area contributed by atoms with Crippen LogP contribution in [0.15, 0.2) is 35.7 Å².